The predicted molar refractivity (Wildman–Crippen MR) is 46.6 cm³/mol. The van der Waals surface area contributed by atoms with E-state index in [9.17, 15) is 0 Å². The molecule has 2 aromatic rings. The van der Waals surface area contributed by atoms with Crippen molar-refractivity contribution in [3.05, 3.63) is 50.2 Å². The fourth-order valence-electron chi connectivity index (χ4n) is 0.861. The monoisotopic (exact) mass is 397 g/mol. The summed E-state index contributed by atoms with van der Waals surface area (Å²) in [4.78, 5) is 1.56. The number of rotatable bonds is 1. The quantitative estimate of drug-likeness (QED) is 0.684. The third-order valence-electron chi connectivity index (χ3n) is 1.35. The Morgan fingerprint density at radius 1 is 1.08 bits per heavy atom. The van der Waals surface area contributed by atoms with Crippen LogP contribution in [0.1, 0.15) is 0 Å². The minimum Gasteiger partial charge on any atom is -0.358 e. The van der Waals surface area contributed by atoms with E-state index in [0.29, 0.717) is 0 Å². The van der Waals surface area contributed by atoms with Gasteiger partial charge in [0.05, 0.1) is 12.4 Å². The molecule has 0 amide bonds. The van der Waals surface area contributed by atoms with Crippen LogP contribution in [0.15, 0.2) is 36.7 Å². The smallest absolute Gasteiger partial charge is 0.358 e. The van der Waals surface area contributed by atoms with Crippen LogP contribution in [0.2, 0.25) is 0 Å². The van der Waals surface area contributed by atoms with Crippen LogP contribution < -0.4 is 0 Å². The van der Waals surface area contributed by atoms with Crippen molar-refractivity contribution < 1.29 is 31.1 Å². The number of hydrogen-bond donors (Lipinski definition) is 0. The van der Waals surface area contributed by atoms with E-state index >= 15 is 0 Å². The van der Waals surface area contributed by atoms with E-state index in [1.165, 1.54) is 0 Å². The Hall–Kier alpha value is -0.588. The van der Waals surface area contributed by atoms with Crippen molar-refractivity contribution >= 4 is 0 Å². The maximum atomic E-state index is 3.98. The number of benzene rings is 1. The summed E-state index contributed by atoms with van der Waals surface area (Å²) < 4.78 is 0. The van der Waals surface area contributed by atoms with Crippen LogP contribution in [0.4, 0.5) is 0 Å². The van der Waals surface area contributed by atoms with Gasteiger partial charge in [0.15, 0.2) is 0 Å². The second-order valence-electron chi connectivity index (χ2n) is 2.08. The maximum absolute atomic E-state index is 3.98. The first-order valence-corrected chi connectivity index (χ1v) is 3.29. The van der Waals surface area contributed by atoms with E-state index in [1.54, 1.807) is 17.2 Å². The molecule has 0 atom stereocenters. The molecule has 3 nitrogen and oxygen atoms in total. The van der Waals surface area contributed by atoms with Gasteiger partial charge >= 0.3 is 31.1 Å². The zero-order valence-corrected chi connectivity index (χ0v) is 11.5. The van der Waals surface area contributed by atoms with Gasteiger partial charge in [0.25, 0.3) is 0 Å². The van der Waals surface area contributed by atoms with Gasteiger partial charge in [-0.2, -0.15) is 33.2 Å². The van der Waals surface area contributed by atoms with Crippen LogP contribution in [0.5, 0.6) is 0 Å². The van der Waals surface area contributed by atoms with Crippen molar-refractivity contribution in [1.82, 2.24) is 15.0 Å². The van der Waals surface area contributed by atoms with Gasteiger partial charge in [-0.25, -0.2) is 0 Å². The van der Waals surface area contributed by atoms with E-state index in [2.05, 4.69) is 16.3 Å². The molecule has 13 heavy (non-hydrogen) atoms. The Morgan fingerprint density at radius 2 is 1.62 bits per heavy atom. The molecule has 64 valence electrons. The van der Waals surface area contributed by atoms with Crippen molar-refractivity contribution in [1.29, 1.82) is 0 Å². The summed E-state index contributed by atoms with van der Waals surface area (Å²) in [5.41, 5.74) is 0.953. The predicted octanol–water partition coefficient (Wildman–Crippen LogP) is 1.52. The average Bonchev–Trinajstić information content (AvgIpc) is 2.58. The first-order valence-electron chi connectivity index (χ1n) is 3.29. The summed E-state index contributed by atoms with van der Waals surface area (Å²) in [6.45, 7) is 0. The van der Waals surface area contributed by atoms with Gasteiger partial charge in [-0.15, -0.1) is 12.1 Å². The summed E-state index contributed by atoms with van der Waals surface area (Å²) in [6, 6.07) is 10.4. The van der Waals surface area contributed by atoms with E-state index in [1.807, 2.05) is 24.3 Å². The molecule has 0 fully saturated rings. The third kappa shape index (κ3) is 2.98. The van der Waals surface area contributed by atoms with Crippen molar-refractivity contribution in [3.8, 4) is 5.69 Å². The largest absolute Gasteiger partial charge is 2.00 e. The van der Waals surface area contributed by atoms with Gasteiger partial charge < -0.3 is 7.43 Å². The van der Waals surface area contributed by atoms with E-state index in [0.717, 1.165) is 5.69 Å². The van der Waals surface area contributed by atoms with Crippen molar-refractivity contribution in [2.75, 3.05) is 0 Å². The molecule has 2 rings (SSSR count). The molecule has 0 spiro atoms. The second-order valence-corrected chi connectivity index (χ2v) is 2.08. The molecule has 1 aromatic heterocycles. The molecule has 0 N–H and O–H groups in total. The molecule has 0 bridgehead atoms. The fourth-order valence-corrected chi connectivity index (χ4v) is 0.861. The Kier molecular flexibility index (Phi) is 5.69. The summed E-state index contributed by atoms with van der Waals surface area (Å²) in [5.74, 6) is 0. The third-order valence-corrected chi connectivity index (χ3v) is 1.35. The fraction of sp³-hybridized carbons (Fsp3) is 0. The van der Waals surface area contributed by atoms with Gasteiger partial charge in [0.1, 0.15) is 0 Å². The molecule has 0 saturated heterocycles. The van der Waals surface area contributed by atoms with E-state index in [4.69, 9.17) is 0 Å². The van der Waals surface area contributed by atoms with Crippen molar-refractivity contribution in [2.24, 2.45) is 0 Å². The SMILES string of the molecule is [CH3-].[U+2].[c-]1ccc(-n2nccn2)cc1. The van der Waals surface area contributed by atoms with Crippen LogP contribution in [0, 0.1) is 44.6 Å². The van der Waals surface area contributed by atoms with Crippen LogP contribution in [-0.2, 0) is 0 Å². The first-order chi connectivity index (χ1) is 5.47. The Balaban J connectivity index is 0.000000720. The Morgan fingerprint density at radius 3 is 2.15 bits per heavy atom. The van der Waals surface area contributed by atoms with Gasteiger partial charge in [0.2, 0.25) is 0 Å². The van der Waals surface area contributed by atoms with E-state index < -0.39 is 0 Å². The van der Waals surface area contributed by atoms with Gasteiger partial charge in [0, 0.05) is 0 Å². The molecular weight excluding hydrogens is 388 g/mol. The molecule has 1 heterocycles. The average molecular weight is 397 g/mol. The van der Waals surface area contributed by atoms with Crippen molar-refractivity contribution in [3.63, 3.8) is 0 Å². The maximum Gasteiger partial charge on any atom is 2.00 e. The molecule has 0 saturated carbocycles. The minimum atomic E-state index is 0. The van der Waals surface area contributed by atoms with Gasteiger partial charge in [-0.05, 0) is 5.69 Å². The molecule has 0 aliphatic rings. The van der Waals surface area contributed by atoms with E-state index in [-0.39, 0.29) is 38.5 Å². The normalized spacial score (nSPS) is 8.31. The summed E-state index contributed by atoms with van der Waals surface area (Å²) in [6.07, 6.45) is 3.30. The van der Waals surface area contributed by atoms with Crippen LogP contribution in [0.3, 0.4) is 0 Å². The number of nitrogens with zero attached hydrogens (tertiary/aromatic N) is 3. The molecular formula is C9H9N3U. The molecule has 0 aliphatic heterocycles. The number of hydrogen-bond acceptors (Lipinski definition) is 2. The molecule has 0 unspecified atom stereocenters. The number of aromatic nitrogens is 3. The standard InChI is InChI=1S/C8H6N3.CH3.U/c1-2-4-8(5-3-1)11-9-6-7-10-11;;/h2-7H;1H3;/q2*-1;+2. The molecule has 0 radical (unpaired) electrons. The van der Waals surface area contributed by atoms with Gasteiger partial charge in [-0.3, -0.25) is 0 Å². The molecule has 0 aliphatic carbocycles. The van der Waals surface area contributed by atoms with Crippen LogP contribution >= 0.6 is 0 Å². The Bertz CT molecular complexity index is 318. The topological polar surface area (TPSA) is 30.7 Å². The first kappa shape index (κ1) is 12.4. The Labute approximate surface area is 102 Å². The van der Waals surface area contributed by atoms with Crippen molar-refractivity contribution in [2.45, 2.75) is 0 Å². The summed E-state index contributed by atoms with van der Waals surface area (Å²) in [5, 5.41) is 7.96. The summed E-state index contributed by atoms with van der Waals surface area (Å²) in [7, 11) is 0. The zero-order chi connectivity index (χ0) is 7.52. The zero-order valence-electron chi connectivity index (χ0n) is 7.31. The second kappa shape index (κ2) is 5.96. The van der Waals surface area contributed by atoms with Crippen LogP contribution in [-0.4, -0.2) is 15.0 Å². The molecule has 4 heteroatoms. The van der Waals surface area contributed by atoms with Gasteiger partial charge in [-0.1, -0.05) is 0 Å². The minimum absolute atomic E-state index is 0. The molecule has 1 aromatic carbocycles. The summed E-state index contributed by atoms with van der Waals surface area (Å²) >= 11 is 0. The van der Waals surface area contributed by atoms with Crippen LogP contribution in [0.25, 0.3) is 5.69 Å².